The maximum atomic E-state index is 11.6. The summed E-state index contributed by atoms with van der Waals surface area (Å²) < 4.78 is 0. The molecule has 0 aromatic heterocycles. The van der Waals surface area contributed by atoms with Gasteiger partial charge in [-0.05, 0) is 31.5 Å². The van der Waals surface area contributed by atoms with Crippen LogP contribution in [0.25, 0.3) is 0 Å². The van der Waals surface area contributed by atoms with Crippen LogP contribution in [-0.2, 0) is 4.79 Å². The van der Waals surface area contributed by atoms with E-state index in [0.29, 0.717) is 11.6 Å². The Morgan fingerprint density at radius 2 is 2.24 bits per heavy atom. The van der Waals surface area contributed by atoms with Gasteiger partial charge in [-0.1, -0.05) is 23.6 Å². The number of anilines is 1. The van der Waals surface area contributed by atoms with Gasteiger partial charge in [0.1, 0.15) is 0 Å². The summed E-state index contributed by atoms with van der Waals surface area (Å²) >= 11 is 5.86. The van der Waals surface area contributed by atoms with Crippen molar-refractivity contribution in [3.05, 3.63) is 28.8 Å². The summed E-state index contributed by atoms with van der Waals surface area (Å²) in [5, 5.41) is 6.32. The Bertz CT molecular complexity index is 460. The lowest BCUT2D eigenvalue weighted by Gasteiger charge is -2.08. The fraction of sp³-hybridized carbons (Fsp3) is 0.308. The Morgan fingerprint density at radius 3 is 2.94 bits per heavy atom. The van der Waals surface area contributed by atoms with E-state index >= 15 is 0 Å². The Balaban J connectivity index is 2.49. The van der Waals surface area contributed by atoms with Gasteiger partial charge in [0.25, 0.3) is 0 Å². The van der Waals surface area contributed by atoms with Gasteiger partial charge in [-0.25, -0.2) is 0 Å². The minimum absolute atomic E-state index is 0.103. The number of nitrogens with one attached hydrogen (secondary N) is 2. The molecular weight excluding hydrogens is 236 g/mol. The molecule has 90 valence electrons. The van der Waals surface area contributed by atoms with Crippen LogP contribution >= 0.6 is 11.6 Å². The van der Waals surface area contributed by atoms with Crippen LogP contribution in [0.3, 0.4) is 0 Å². The minimum Gasteiger partial charge on any atom is -0.325 e. The van der Waals surface area contributed by atoms with Crippen molar-refractivity contribution in [2.45, 2.75) is 13.8 Å². The number of halogens is 1. The number of carbonyl (C=O) groups excluding carboxylic acids is 1. The zero-order chi connectivity index (χ0) is 12.7. The standard InChI is InChI=1S/C13H15ClN2O/c1-3-4-7-15-9-13(17)16-12-8-11(14)6-5-10(12)2/h5-6,8,15H,7,9H2,1-2H3,(H,16,17). The van der Waals surface area contributed by atoms with Gasteiger partial charge in [-0.3, -0.25) is 10.1 Å². The Labute approximate surface area is 107 Å². The molecular formula is C13H15ClN2O. The molecule has 0 heterocycles. The van der Waals surface area contributed by atoms with Gasteiger partial charge in [0.05, 0.1) is 13.1 Å². The van der Waals surface area contributed by atoms with Crippen LogP contribution in [-0.4, -0.2) is 19.0 Å². The van der Waals surface area contributed by atoms with E-state index in [9.17, 15) is 4.79 Å². The molecule has 3 nitrogen and oxygen atoms in total. The van der Waals surface area contributed by atoms with Crippen LogP contribution in [0.4, 0.5) is 5.69 Å². The first-order valence-corrected chi connectivity index (χ1v) is 5.67. The number of hydrogen-bond acceptors (Lipinski definition) is 2. The van der Waals surface area contributed by atoms with E-state index in [0.717, 1.165) is 11.3 Å². The molecule has 0 saturated heterocycles. The molecule has 4 heteroatoms. The van der Waals surface area contributed by atoms with Crippen LogP contribution in [0.15, 0.2) is 18.2 Å². The van der Waals surface area contributed by atoms with Crippen LogP contribution in [0.1, 0.15) is 12.5 Å². The van der Waals surface area contributed by atoms with Crippen molar-refractivity contribution in [3.8, 4) is 11.8 Å². The lowest BCUT2D eigenvalue weighted by Crippen LogP contribution is -2.28. The normalized spacial score (nSPS) is 9.35. The lowest BCUT2D eigenvalue weighted by atomic mass is 10.2. The van der Waals surface area contributed by atoms with E-state index in [2.05, 4.69) is 22.5 Å². The third kappa shape index (κ3) is 4.90. The average Bonchev–Trinajstić information content (AvgIpc) is 2.29. The fourth-order valence-corrected chi connectivity index (χ4v) is 1.42. The van der Waals surface area contributed by atoms with Crippen molar-refractivity contribution in [1.29, 1.82) is 0 Å². The molecule has 0 unspecified atom stereocenters. The van der Waals surface area contributed by atoms with E-state index in [-0.39, 0.29) is 12.5 Å². The number of carbonyl (C=O) groups is 1. The number of rotatable bonds is 4. The Kier molecular flexibility index (Phi) is 5.55. The van der Waals surface area contributed by atoms with Gasteiger partial charge in [0.15, 0.2) is 0 Å². The molecule has 0 aliphatic rings. The summed E-state index contributed by atoms with van der Waals surface area (Å²) in [6.45, 7) is 4.43. The third-order valence-corrected chi connectivity index (χ3v) is 2.38. The summed E-state index contributed by atoms with van der Waals surface area (Å²) in [5.74, 6) is 5.47. The van der Waals surface area contributed by atoms with Crippen molar-refractivity contribution in [2.24, 2.45) is 0 Å². The van der Waals surface area contributed by atoms with Gasteiger partial charge in [-0.2, -0.15) is 0 Å². The van der Waals surface area contributed by atoms with Gasteiger partial charge in [0, 0.05) is 10.7 Å². The van der Waals surface area contributed by atoms with Gasteiger partial charge < -0.3 is 5.32 Å². The molecule has 1 rings (SSSR count). The number of aryl methyl sites for hydroxylation is 1. The highest BCUT2D eigenvalue weighted by molar-refractivity contribution is 6.31. The van der Waals surface area contributed by atoms with Crippen molar-refractivity contribution < 1.29 is 4.79 Å². The number of hydrogen-bond donors (Lipinski definition) is 2. The molecule has 1 amide bonds. The molecule has 0 spiro atoms. The molecule has 2 N–H and O–H groups in total. The second kappa shape index (κ2) is 6.95. The summed E-state index contributed by atoms with van der Waals surface area (Å²) in [6, 6.07) is 5.40. The molecule has 0 aliphatic carbocycles. The summed E-state index contributed by atoms with van der Waals surface area (Å²) in [7, 11) is 0. The van der Waals surface area contributed by atoms with E-state index in [4.69, 9.17) is 11.6 Å². The quantitative estimate of drug-likeness (QED) is 0.635. The molecule has 0 fully saturated rings. The van der Waals surface area contributed by atoms with Crippen LogP contribution in [0.5, 0.6) is 0 Å². The first-order valence-electron chi connectivity index (χ1n) is 5.30. The van der Waals surface area contributed by atoms with Crippen LogP contribution in [0.2, 0.25) is 5.02 Å². The van der Waals surface area contributed by atoms with Crippen molar-refractivity contribution >= 4 is 23.2 Å². The van der Waals surface area contributed by atoms with Crippen molar-refractivity contribution in [3.63, 3.8) is 0 Å². The summed E-state index contributed by atoms with van der Waals surface area (Å²) in [6.07, 6.45) is 0. The molecule has 1 aromatic rings. The largest absolute Gasteiger partial charge is 0.325 e. The predicted molar refractivity (Wildman–Crippen MR) is 71.1 cm³/mol. The highest BCUT2D eigenvalue weighted by Crippen LogP contribution is 2.19. The maximum absolute atomic E-state index is 11.6. The molecule has 0 radical (unpaired) electrons. The molecule has 0 bridgehead atoms. The van der Waals surface area contributed by atoms with Crippen molar-refractivity contribution in [1.82, 2.24) is 5.32 Å². The van der Waals surface area contributed by atoms with E-state index in [1.807, 2.05) is 13.0 Å². The number of amides is 1. The molecule has 0 atom stereocenters. The zero-order valence-electron chi connectivity index (χ0n) is 9.93. The Hall–Kier alpha value is -1.50. The van der Waals surface area contributed by atoms with E-state index in [1.165, 1.54) is 0 Å². The van der Waals surface area contributed by atoms with Gasteiger partial charge in [-0.15, -0.1) is 5.92 Å². The zero-order valence-corrected chi connectivity index (χ0v) is 10.7. The van der Waals surface area contributed by atoms with Crippen molar-refractivity contribution in [2.75, 3.05) is 18.4 Å². The highest BCUT2D eigenvalue weighted by Gasteiger charge is 2.04. The smallest absolute Gasteiger partial charge is 0.238 e. The minimum atomic E-state index is -0.103. The summed E-state index contributed by atoms with van der Waals surface area (Å²) in [5.41, 5.74) is 1.72. The second-order valence-electron chi connectivity index (χ2n) is 3.54. The molecule has 0 saturated carbocycles. The molecule has 0 aliphatic heterocycles. The first-order chi connectivity index (χ1) is 8.13. The monoisotopic (exact) mass is 250 g/mol. The summed E-state index contributed by atoms with van der Waals surface area (Å²) in [4.78, 5) is 11.6. The van der Waals surface area contributed by atoms with Gasteiger partial charge in [0.2, 0.25) is 5.91 Å². The predicted octanol–water partition coefficient (Wildman–Crippen LogP) is 2.20. The highest BCUT2D eigenvalue weighted by atomic mass is 35.5. The SMILES string of the molecule is CC#CCNCC(=O)Nc1cc(Cl)ccc1C. The van der Waals surface area contributed by atoms with Crippen LogP contribution < -0.4 is 10.6 Å². The van der Waals surface area contributed by atoms with E-state index in [1.54, 1.807) is 19.1 Å². The number of benzene rings is 1. The molecule has 1 aromatic carbocycles. The topological polar surface area (TPSA) is 41.1 Å². The first kappa shape index (κ1) is 13.6. The van der Waals surface area contributed by atoms with Gasteiger partial charge >= 0.3 is 0 Å². The molecule has 17 heavy (non-hydrogen) atoms. The van der Waals surface area contributed by atoms with Crippen LogP contribution in [0, 0.1) is 18.8 Å². The maximum Gasteiger partial charge on any atom is 0.238 e. The lowest BCUT2D eigenvalue weighted by molar-refractivity contribution is -0.115. The average molecular weight is 251 g/mol. The fourth-order valence-electron chi connectivity index (χ4n) is 1.25. The van der Waals surface area contributed by atoms with E-state index < -0.39 is 0 Å². The second-order valence-corrected chi connectivity index (χ2v) is 3.97. The Morgan fingerprint density at radius 1 is 1.47 bits per heavy atom. The third-order valence-electron chi connectivity index (χ3n) is 2.15.